The Morgan fingerprint density at radius 2 is 1.69 bits per heavy atom. The molecule has 1 amide bonds. The van der Waals surface area contributed by atoms with Crippen molar-refractivity contribution in [1.29, 1.82) is 0 Å². The Bertz CT molecular complexity index is 1220. The van der Waals surface area contributed by atoms with Crippen LogP contribution >= 0.6 is 22.9 Å². The number of aromatic nitrogens is 1. The van der Waals surface area contributed by atoms with Crippen LogP contribution in [0.1, 0.15) is 25.9 Å². The second-order valence-corrected chi connectivity index (χ2v) is 10.9. The van der Waals surface area contributed by atoms with Gasteiger partial charge < -0.3 is 4.90 Å². The van der Waals surface area contributed by atoms with E-state index in [2.05, 4.69) is 4.98 Å². The van der Waals surface area contributed by atoms with Gasteiger partial charge in [0.2, 0.25) is 10.0 Å². The normalized spacial score (nSPS) is 15.2. The Morgan fingerprint density at radius 3 is 2.31 bits per heavy atom. The molecule has 0 radical (unpaired) electrons. The molecule has 0 saturated carbocycles. The van der Waals surface area contributed by atoms with Gasteiger partial charge in [-0.15, -0.1) is 11.3 Å². The SMILES string of the molecule is Cc1nc(Cc2ccc(F)cc2)sc1C(=O)N1CCN(S(=O)(=O)c2ccc(Cl)cc2)CC1. The zero-order chi connectivity index (χ0) is 22.9. The van der Waals surface area contributed by atoms with Crippen LogP contribution in [0.15, 0.2) is 53.4 Å². The van der Waals surface area contributed by atoms with E-state index in [4.69, 9.17) is 11.6 Å². The van der Waals surface area contributed by atoms with Crippen molar-refractivity contribution in [2.24, 2.45) is 0 Å². The third kappa shape index (κ3) is 4.85. The predicted molar refractivity (Wildman–Crippen MR) is 122 cm³/mol. The summed E-state index contributed by atoms with van der Waals surface area (Å²) in [6, 6.07) is 12.3. The zero-order valence-electron chi connectivity index (χ0n) is 17.3. The fourth-order valence-corrected chi connectivity index (χ4v) is 6.15. The summed E-state index contributed by atoms with van der Waals surface area (Å²) in [6.45, 7) is 2.83. The van der Waals surface area contributed by atoms with Gasteiger partial charge in [0, 0.05) is 37.6 Å². The van der Waals surface area contributed by atoms with Gasteiger partial charge in [-0.25, -0.2) is 17.8 Å². The Balaban J connectivity index is 1.41. The van der Waals surface area contributed by atoms with Crippen molar-refractivity contribution in [3.8, 4) is 0 Å². The monoisotopic (exact) mass is 493 g/mol. The van der Waals surface area contributed by atoms with Gasteiger partial charge in [0.1, 0.15) is 10.7 Å². The minimum Gasteiger partial charge on any atom is -0.335 e. The lowest BCUT2D eigenvalue weighted by molar-refractivity contribution is 0.0702. The molecule has 0 aliphatic carbocycles. The van der Waals surface area contributed by atoms with E-state index in [9.17, 15) is 17.6 Å². The number of rotatable bonds is 5. The van der Waals surface area contributed by atoms with Gasteiger partial charge in [-0.05, 0) is 48.9 Å². The van der Waals surface area contributed by atoms with Crippen LogP contribution in [-0.4, -0.2) is 54.7 Å². The van der Waals surface area contributed by atoms with Gasteiger partial charge in [0.25, 0.3) is 5.91 Å². The van der Waals surface area contributed by atoms with E-state index in [1.807, 2.05) is 0 Å². The molecule has 1 aliphatic heterocycles. The quantitative estimate of drug-likeness (QED) is 0.539. The average molecular weight is 494 g/mol. The second kappa shape index (κ2) is 9.27. The molecule has 4 rings (SSSR count). The number of nitrogens with zero attached hydrogens (tertiary/aromatic N) is 3. The topological polar surface area (TPSA) is 70.6 Å². The molecule has 1 fully saturated rings. The molecule has 1 aromatic heterocycles. The number of carbonyl (C=O) groups excluding carboxylic acids is 1. The average Bonchev–Trinajstić information content (AvgIpc) is 3.15. The highest BCUT2D eigenvalue weighted by atomic mass is 35.5. The maximum absolute atomic E-state index is 13.1. The van der Waals surface area contributed by atoms with E-state index < -0.39 is 10.0 Å². The van der Waals surface area contributed by atoms with Crippen LogP contribution in [-0.2, 0) is 16.4 Å². The molecule has 32 heavy (non-hydrogen) atoms. The number of hydrogen-bond acceptors (Lipinski definition) is 5. The van der Waals surface area contributed by atoms with Crippen molar-refractivity contribution >= 4 is 38.9 Å². The van der Waals surface area contributed by atoms with Gasteiger partial charge in [0.05, 0.1) is 15.6 Å². The van der Waals surface area contributed by atoms with Crippen LogP contribution in [0.25, 0.3) is 0 Å². The molecule has 0 N–H and O–H groups in total. The second-order valence-electron chi connectivity index (χ2n) is 7.48. The molecule has 0 bridgehead atoms. The Morgan fingerprint density at radius 1 is 1.06 bits per heavy atom. The van der Waals surface area contributed by atoms with Crippen LogP contribution < -0.4 is 0 Å². The van der Waals surface area contributed by atoms with E-state index in [-0.39, 0.29) is 29.7 Å². The lowest BCUT2D eigenvalue weighted by Crippen LogP contribution is -2.50. The molecule has 6 nitrogen and oxygen atoms in total. The third-order valence-corrected chi connectivity index (χ3v) is 8.59. The highest BCUT2D eigenvalue weighted by Crippen LogP contribution is 2.25. The molecule has 0 spiro atoms. The van der Waals surface area contributed by atoms with Gasteiger partial charge in [0.15, 0.2) is 0 Å². The molecule has 168 valence electrons. The summed E-state index contributed by atoms with van der Waals surface area (Å²) in [7, 11) is -3.63. The summed E-state index contributed by atoms with van der Waals surface area (Å²) in [5.41, 5.74) is 1.56. The zero-order valence-corrected chi connectivity index (χ0v) is 19.7. The number of aryl methyl sites for hydroxylation is 1. The Kier molecular flexibility index (Phi) is 6.62. The van der Waals surface area contributed by atoms with E-state index >= 15 is 0 Å². The maximum Gasteiger partial charge on any atom is 0.265 e. The van der Waals surface area contributed by atoms with Crippen LogP contribution in [0.2, 0.25) is 5.02 Å². The number of amides is 1. The molecule has 0 atom stereocenters. The fourth-order valence-electron chi connectivity index (χ4n) is 3.53. The van der Waals surface area contributed by atoms with Crippen molar-refractivity contribution < 1.29 is 17.6 Å². The molecule has 3 aromatic rings. The largest absolute Gasteiger partial charge is 0.335 e. The number of benzene rings is 2. The van der Waals surface area contributed by atoms with Crippen molar-refractivity contribution in [3.05, 3.63) is 80.5 Å². The number of halogens is 2. The highest BCUT2D eigenvalue weighted by Gasteiger charge is 2.31. The van der Waals surface area contributed by atoms with Crippen molar-refractivity contribution in [1.82, 2.24) is 14.2 Å². The standard InChI is InChI=1S/C22H21ClFN3O3S2/c1-15-21(31-20(25-15)14-16-2-6-18(24)7-3-16)22(28)26-10-12-27(13-11-26)32(29,30)19-8-4-17(23)5-9-19/h2-9H,10-14H2,1H3. The summed E-state index contributed by atoms with van der Waals surface area (Å²) in [4.78, 5) is 20.0. The van der Waals surface area contributed by atoms with E-state index in [1.54, 1.807) is 36.1 Å². The first kappa shape index (κ1) is 22.8. The molecule has 2 aromatic carbocycles. The molecule has 1 saturated heterocycles. The van der Waals surface area contributed by atoms with E-state index in [1.165, 1.54) is 39.9 Å². The van der Waals surface area contributed by atoms with Gasteiger partial charge in [-0.2, -0.15) is 4.31 Å². The van der Waals surface area contributed by atoms with Gasteiger partial charge >= 0.3 is 0 Å². The van der Waals surface area contributed by atoms with Crippen LogP contribution in [0.4, 0.5) is 4.39 Å². The Hall–Kier alpha value is -2.33. The third-order valence-electron chi connectivity index (χ3n) is 5.28. The highest BCUT2D eigenvalue weighted by molar-refractivity contribution is 7.89. The fraction of sp³-hybridized carbons (Fsp3) is 0.273. The summed E-state index contributed by atoms with van der Waals surface area (Å²) in [6.07, 6.45) is 0.520. The van der Waals surface area contributed by atoms with E-state index in [0.717, 1.165) is 10.6 Å². The predicted octanol–water partition coefficient (Wildman–Crippen LogP) is 3.98. The minimum absolute atomic E-state index is 0.145. The Labute approximate surface area is 195 Å². The molecular weight excluding hydrogens is 473 g/mol. The smallest absolute Gasteiger partial charge is 0.265 e. The molecule has 10 heteroatoms. The van der Waals surface area contributed by atoms with Gasteiger partial charge in [-0.1, -0.05) is 23.7 Å². The molecule has 2 heterocycles. The lowest BCUT2D eigenvalue weighted by atomic mass is 10.1. The minimum atomic E-state index is -3.63. The van der Waals surface area contributed by atoms with Crippen molar-refractivity contribution in [2.75, 3.05) is 26.2 Å². The number of hydrogen-bond donors (Lipinski definition) is 0. The molecule has 0 unspecified atom stereocenters. The first-order chi connectivity index (χ1) is 15.2. The lowest BCUT2D eigenvalue weighted by Gasteiger charge is -2.33. The van der Waals surface area contributed by atoms with E-state index in [0.29, 0.717) is 35.1 Å². The number of piperazine rings is 1. The first-order valence-corrected chi connectivity index (χ1v) is 12.6. The summed E-state index contributed by atoms with van der Waals surface area (Å²) < 4.78 is 40.2. The number of thiazole rings is 1. The summed E-state index contributed by atoms with van der Waals surface area (Å²) in [5.74, 6) is -0.439. The molecule has 1 aliphatic rings. The molecular formula is C22H21ClFN3O3S2. The van der Waals surface area contributed by atoms with Crippen molar-refractivity contribution in [3.63, 3.8) is 0 Å². The first-order valence-electron chi connectivity index (χ1n) is 10.00. The summed E-state index contributed by atoms with van der Waals surface area (Å²) >= 11 is 7.18. The number of carbonyl (C=O) groups is 1. The summed E-state index contributed by atoms with van der Waals surface area (Å²) in [5, 5.41) is 1.25. The van der Waals surface area contributed by atoms with Gasteiger partial charge in [-0.3, -0.25) is 4.79 Å². The van der Waals surface area contributed by atoms with Crippen LogP contribution in [0.3, 0.4) is 0 Å². The number of sulfonamides is 1. The van der Waals surface area contributed by atoms with Crippen molar-refractivity contribution in [2.45, 2.75) is 18.2 Å². The van der Waals surface area contributed by atoms with Crippen LogP contribution in [0.5, 0.6) is 0 Å². The maximum atomic E-state index is 13.1. The van der Waals surface area contributed by atoms with Crippen LogP contribution in [0, 0.1) is 12.7 Å².